The summed E-state index contributed by atoms with van der Waals surface area (Å²) in [4.78, 5) is 62.9. The molecule has 8 heterocycles. The Hall–Kier alpha value is -6.51. The molecule has 1 aromatic carbocycles. The number of carbonyl (C=O) groups excluding carboxylic acids is 3. The van der Waals surface area contributed by atoms with Crippen LogP contribution >= 0.6 is 0 Å². The number of fused-ring (bicyclic) bond motifs is 1. The van der Waals surface area contributed by atoms with E-state index in [9.17, 15) is 14.4 Å². The number of amides is 4. The van der Waals surface area contributed by atoms with E-state index in [2.05, 4.69) is 30.7 Å². The Morgan fingerprint density at radius 1 is 0.923 bits per heavy atom. The van der Waals surface area contributed by atoms with Gasteiger partial charge in [0.25, 0.3) is 0 Å². The number of nitrogens with two attached hydrogens (primary N) is 1. The second-order valence-corrected chi connectivity index (χ2v) is 18.8. The molecule has 4 aliphatic heterocycles. The third-order valence-corrected chi connectivity index (χ3v) is 13.0. The van der Waals surface area contributed by atoms with Crippen LogP contribution in [0.5, 0.6) is 5.75 Å². The maximum absolute atomic E-state index is 15.3. The smallest absolute Gasteiger partial charge is 0.320 e. The number of piperidine rings is 2. The Labute approximate surface area is 373 Å². The zero-order chi connectivity index (χ0) is 45.1. The van der Waals surface area contributed by atoms with Crippen molar-refractivity contribution in [1.82, 2.24) is 54.9 Å². The van der Waals surface area contributed by atoms with Crippen LogP contribution in [0, 0.1) is 17.6 Å². The highest BCUT2D eigenvalue weighted by molar-refractivity contribution is 6.02. The third-order valence-electron chi connectivity index (χ3n) is 13.0. The van der Waals surface area contributed by atoms with Crippen LogP contribution in [-0.2, 0) is 15.1 Å². The Balaban J connectivity index is 0.692. The topological polar surface area (TPSA) is 219 Å². The molecule has 0 spiro atoms. The molecule has 65 heavy (non-hydrogen) atoms. The van der Waals surface area contributed by atoms with Crippen molar-refractivity contribution in [2.24, 2.45) is 5.92 Å². The van der Waals surface area contributed by atoms with Crippen molar-refractivity contribution in [2.75, 3.05) is 74.9 Å². The Bertz CT molecular complexity index is 2600. The van der Waals surface area contributed by atoms with Gasteiger partial charge in [-0.1, -0.05) is 5.16 Å². The van der Waals surface area contributed by atoms with E-state index >= 15 is 8.78 Å². The summed E-state index contributed by atoms with van der Waals surface area (Å²) in [6, 6.07) is 1.67. The lowest BCUT2D eigenvalue weighted by atomic mass is 9.96. The van der Waals surface area contributed by atoms with Crippen LogP contribution in [0.4, 0.5) is 30.8 Å². The summed E-state index contributed by atoms with van der Waals surface area (Å²) >= 11 is 0. The molecule has 10 rings (SSSR count). The monoisotopic (exact) mass is 894 g/mol. The van der Waals surface area contributed by atoms with Crippen LogP contribution in [-0.4, -0.2) is 138 Å². The van der Waals surface area contributed by atoms with Crippen LogP contribution in [0.2, 0.25) is 0 Å². The summed E-state index contributed by atoms with van der Waals surface area (Å²) in [5.74, 6) is 0.266. The number of nitrogen functional groups attached to an aromatic ring is 1. The minimum Gasteiger partial charge on any atom is -0.483 e. The van der Waals surface area contributed by atoms with Crippen molar-refractivity contribution in [1.29, 1.82) is 0 Å². The highest BCUT2D eigenvalue weighted by Crippen LogP contribution is 2.48. The van der Waals surface area contributed by atoms with Gasteiger partial charge in [-0.15, -0.1) is 0 Å². The molecule has 342 valence electrons. The Morgan fingerprint density at radius 3 is 2.29 bits per heavy atom. The Kier molecular flexibility index (Phi) is 11.0. The molecular weight excluding hydrogens is 843 g/mol. The number of ether oxygens (including phenoxy) is 1. The number of aromatic nitrogens is 7. The SMILES string of the molecule is CC(C)(C)n1nc(-c2noc(C3CC3)c2-c2ncc(OC3CN(C(=O)N4CCC(CN5CCN(c6c(F)cc(NC7CCC(=O)NC7=O)cc6F)CC5)CC4)C3)cn2)c2c(N)ncnc21. The zero-order valence-electron chi connectivity index (χ0n) is 36.6. The molecule has 5 aliphatic rings. The predicted octanol–water partition coefficient (Wildman–Crippen LogP) is 4.37. The lowest BCUT2D eigenvalue weighted by Gasteiger charge is -2.44. The number of urea groups is 1. The van der Waals surface area contributed by atoms with E-state index in [4.69, 9.17) is 30.1 Å². The van der Waals surface area contributed by atoms with E-state index in [-0.39, 0.29) is 54.0 Å². The predicted molar refractivity (Wildman–Crippen MR) is 234 cm³/mol. The number of rotatable bonds is 10. The van der Waals surface area contributed by atoms with Crippen molar-refractivity contribution in [2.45, 2.75) is 82.9 Å². The van der Waals surface area contributed by atoms with Gasteiger partial charge < -0.3 is 35.0 Å². The van der Waals surface area contributed by atoms with E-state index < -0.39 is 29.1 Å². The van der Waals surface area contributed by atoms with Crippen LogP contribution in [0.15, 0.2) is 35.4 Å². The van der Waals surface area contributed by atoms with Gasteiger partial charge in [-0.25, -0.2) is 38.2 Å². The van der Waals surface area contributed by atoms with Gasteiger partial charge >= 0.3 is 6.03 Å². The van der Waals surface area contributed by atoms with Gasteiger partial charge in [-0.05, 0) is 70.9 Å². The molecule has 21 heteroatoms. The quantitative estimate of drug-likeness (QED) is 0.166. The number of nitrogens with zero attached hydrogens (tertiary/aromatic N) is 11. The van der Waals surface area contributed by atoms with Crippen LogP contribution in [0.3, 0.4) is 0 Å². The first-order chi connectivity index (χ1) is 31.3. The normalized spacial score (nSPS) is 20.3. The summed E-state index contributed by atoms with van der Waals surface area (Å²) in [6.45, 7) is 11.5. The number of hydrogen-bond donors (Lipinski definition) is 3. The second-order valence-electron chi connectivity index (χ2n) is 18.8. The molecule has 4 aromatic heterocycles. The number of hydrogen-bond acceptors (Lipinski definition) is 15. The lowest BCUT2D eigenvalue weighted by molar-refractivity contribution is -0.133. The first-order valence-corrected chi connectivity index (χ1v) is 22.4. The lowest BCUT2D eigenvalue weighted by Crippen LogP contribution is -2.60. The Morgan fingerprint density at radius 2 is 1.63 bits per heavy atom. The molecule has 4 saturated heterocycles. The summed E-state index contributed by atoms with van der Waals surface area (Å²) in [5, 5.41) is 15.1. The van der Waals surface area contributed by atoms with Crippen molar-refractivity contribution < 1.29 is 32.4 Å². The average Bonchev–Trinajstić information content (AvgIpc) is 3.88. The summed E-state index contributed by atoms with van der Waals surface area (Å²) < 4.78 is 44.4. The number of halogens is 2. The van der Waals surface area contributed by atoms with Gasteiger partial charge in [0.1, 0.15) is 41.4 Å². The van der Waals surface area contributed by atoms with Gasteiger partial charge in [0.05, 0.1) is 42.0 Å². The van der Waals surface area contributed by atoms with Crippen molar-refractivity contribution in [3.63, 3.8) is 0 Å². The van der Waals surface area contributed by atoms with E-state index in [1.54, 1.807) is 22.2 Å². The van der Waals surface area contributed by atoms with Gasteiger partial charge in [-0.3, -0.25) is 19.8 Å². The molecule has 4 N–H and O–H groups in total. The van der Waals surface area contributed by atoms with Gasteiger partial charge in [0.15, 0.2) is 34.6 Å². The third kappa shape index (κ3) is 8.48. The molecule has 19 nitrogen and oxygen atoms in total. The molecular formula is C44H52F2N14O5. The van der Waals surface area contributed by atoms with Crippen LogP contribution < -0.4 is 26.0 Å². The van der Waals surface area contributed by atoms with Crippen molar-refractivity contribution in [3.05, 3.63) is 48.2 Å². The number of nitrogens with one attached hydrogen (secondary N) is 2. The van der Waals surface area contributed by atoms with Gasteiger partial charge in [0.2, 0.25) is 11.8 Å². The van der Waals surface area contributed by atoms with Crippen molar-refractivity contribution in [3.8, 4) is 28.5 Å². The number of anilines is 3. The average molecular weight is 895 g/mol. The fraction of sp³-hybridized carbons (Fsp3) is 0.523. The van der Waals surface area contributed by atoms with E-state index in [0.717, 1.165) is 32.2 Å². The van der Waals surface area contributed by atoms with Crippen molar-refractivity contribution >= 4 is 46.1 Å². The minimum atomic E-state index is -0.734. The number of imide groups is 1. The van der Waals surface area contributed by atoms with Gasteiger partial charge in [0, 0.05) is 63.8 Å². The maximum atomic E-state index is 15.3. The minimum absolute atomic E-state index is 0.00551. The summed E-state index contributed by atoms with van der Waals surface area (Å²) in [6.07, 6.45) is 8.62. The van der Waals surface area contributed by atoms with E-state index in [1.165, 1.54) is 18.5 Å². The van der Waals surface area contributed by atoms with E-state index in [1.807, 2.05) is 30.4 Å². The zero-order valence-corrected chi connectivity index (χ0v) is 36.6. The van der Waals surface area contributed by atoms with Crippen LogP contribution in [0.1, 0.15) is 71.0 Å². The first kappa shape index (κ1) is 42.4. The number of likely N-dealkylation sites (tertiary alicyclic amines) is 2. The largest absolute Gasteiger partial charge is 0.483 e. The molecule has 0 bridgehead atoms. The molecule has 1 atom stereocenters. The molecule has 4 amide bonds. The summed E-state index contributed by atoms with van der Waals surface area (Å²) in [7, 11) is 0. The molecule has 1 unspecified atom stereocenters. The fourth-order valence-corrected chi connectivity index (χ4v) is 9.29. The van der Waals surface area contributed by atoms with Gasteiger partial charge in [-0.2, -0.15) is 5.10 Å². The molecule has 0 radical (unpaired) electrons. The standard InChI is InChI=1S/C44H52F2N14O5/c1-44(2,3)60-41-34(39(47)50-23-51-41)35(54-60)36-33(38(65-55-36)25-4-5-25)40-48-18-27(19-49-40)64-28-21-59(22-28)43(63)58-10-8-24(9-11-58)20-56-12-14-57(15-13-56)37-29(45)16-26(17-30(37)46)52-31-6-7-32(61)53-42(31)62/h16-19,23-25,28,31,52H,4-15,20-22H2,1-3H3,(H2,47,50,51)(H,53,61,62). The number of benzene rings is 1. The highest BCUT2D eigenvalue weighted by Gasteiger charge is 2.39. The number of carbonyl (C=O) groups is 3. The maximum Gasteiger partial charge on any atom is 0.320 e. The molecule has 5 fully saturated rings. The molecule has 1 saturated carbocycles. The second kappa shape index (κ2) is 16.8. The highest BCUT2D eigenvalue weighted by atomic mass is 19.1. The fourth-order valence-electron chi connectivity index (χ4n) is 9.29. The first-order valence-electron chi connectivity index (χ1n) is 22.4. The molecule has 5 aromatic rings. The summed E-state index contributed by atoms with van der Waals surface area (Å²) in [5.41, 5.74) is 8.30. The van der Waals surface area contributed by atoms with E-state index in [0.29, 0.717) is 104 Å². The number of piperazine rings is 1. The van der Waals surface area contributed by atoms with Crippen LogP contribution in [0.25, 0.3) is 33.8 Å². The molecule has 1 aliphatic carbocycles.